The van der Waals surface area contributed by atoms with Crippen LogP contribution in [0.2, 0.25) is 0 Å². The van der Waals surface area contributed by atoms with Gasteiger partial charge in [0, 0.05) is 12.0 Å². The number of ether oxygens (including phenoxy) is 1. The van der Waals surface area contributed by atoms with Crippen molar-refractivity contribution in [3.05, 3.63) is 56.2 Å². The van der Waals surface area contributed by atoms with Gasteiger partial charge in [0.2, 0.25) is 0 Å². The van der Waals surface area contributed by atoms with Crippen molar-refractivity contribution in [2.45, 2.75) is 12.5 Å². The number of aliphatic hydroxyl groups excluding tert-OH is 1. The van der Waals surface area contributed by atoms with Crippen LogP contribution < -0.4 is 0 Å². The van der Waals surface area contributed by atoms with Gasteiger partial charge >= 0.3 is 0 Å². The molecule has 0 amide bonds. The van der Waals surface area contributed by atoms with Gasteiger partial charge in [-0.05, 0) is 45.6 Å². The van der Waals surface area contributed by atoms with E-state index in [0.29, 0.717) is 0 Å². The zero-order valence-electron chi connectivity index (χ0n) is 10.1. The molecule has 1 aromatic heterocycles. The average molecular weight is 327 g/mol. The molecule has 0 aliphatic rings. The van der Waals surface area contributed by atoms with Crippen LogP contribution in [-0.2, 0) is 11.2 Å². The number of rotatable bonds is 5. The molecule has 1 unspecified atom stereocenters. The molecule has 2 nitrogen and oxygen atoms in total. The molecule has 1 N–H and O–H groups in total. The third-order valence-corrected chi connectivity index (χ3v) is 4.43. The molecule has 2 aromatic rings. The van der Waals surface area contributed by atoms with Crippen molar-refractivity contribution in [1.82, 2.24) is 0 Å². The molecule has 0 saturated heterocycles. The Bertz CT molecular complexity index is 493. The fourth-order valence-electron chi connectivity index (χ4n) is 1.73. The standard InChI is InChI=1S/C14H15BrO2S/c1-17-9-8-10-2-4-11(5-3-10)14(16)12-6-7-13(15)18-12/h2-7,14,16H,8-9H2,1H3. The van der Waals surface area contributed by atoms with Crippen LogP contribution in [0.1, 0.15) is 22.1 Å². The van der Waals surface area contributed by atoms with Gasteiger partial charge in [-0.1, -0.05) is 24.3 Å². The van der Waals surface area contributed by atoms with E-state index in [1.807, 2.05) is 36.4 Å². The van der Waals surface area contributed by atoms with Crippen molar-refractivity contribution in [2.24, 2.45) is 0 Å². The second-order valence-corrected chi connectivity index (χ2v) is 6.52. The lowest BCUT2D eigenvalue weighted by Gasteiger charge is -2.09. The molecule has 2 rings (SSSR count). The minimum Gasteiger partial charge on any atom is -0.384 e. The predicted octanol–water partition coefficient (Wildman–Crippen LogP) is 3.78. The van der Waals surface area contributed by atoms with E-state index in [1.165, 1.54) is 5.56 Å². The van der Waals surface area contributed by atoms with Crippen LogP contribution in [-0.4, -0.2) is 18.8 Å². The van der Waals surface area contributed by atoms with E-state index in [9.17, 15) is 5.11 Å². The van der Waals surface area contributed by atoms with Gasteiger partial charge in [0.1, 0.15) is 6.10 Å². The molecule has 0 bridgehead atoms. The predicted molar refractivity (Wildman–Crippen MR) is 78.1 cm³/mol. The van der Waals surface area contributed by atoms with E-state index in [-0.39, 0.29) is 0 Å². The molecule has 0 radical (unpaired) electrons. The van der Waals surface area contributed by atoms with Crippen LogP contribution >= 0.6 is 27.3 Å². The fourth-order valence-corrected chi connectivity index (χ4v) is 3.16. The summed E-state index contributed by atoms with van der Waals surface area (Å²) < 4.78 is 6.08. The highest BCUT2D eigenvalue weighted by atomic mass is 79.9. The number of hydrogen-bond acceptors (Lipinski definition) is 3. The molecule has 0 aliphatic carbocycles. The van der Waals surface area contributed by atoms with E-state index in [2.05, 4.69) is 15.9 Å². The van der Waals surface area contributed by atoms with Crippen LogP contribution in [0, 0.1) is 0 Å². The SMILES string of the molecule is COCCc1ccc(C(O)c2ccc(Br)s2)cc1. The highest BCUT2D eigenvalue weighted by Gasteiger charge is 2.12. The summed E-state index contributed by atoms with van der Waals surface area (Å²) in [6.45, 7) is 0.722. The summed E-state index contributed by atoms with van der Waals surface area (Å²) in [5.74, 6) is 0. The average Bonchev–Trinajstić information content (AvgIpc) is 2.83. The van der Waals surface area contributed by atoms with Gasteiger partial charge in [0.15, 0.2) is 0 Å². The maximum absolute atomic E-state index is 10.2. The smallest absolute Gasteiger partial charge is 0.113 e. The van der Waals surface area contributed by atoms with Gasteiger partial charge in [-0.25, -0.2) is 0 Å². The number of benzene rings is 1. The first-order valence-corrected chi connectivity index (χ1v) is 7.32. The monoisotopic (exact) mass is 326 g/mol. The zero-order chi connectivity index (χ0) is 13.0. The number of halogens is 1. The molecule has 18 heavy (non-hydrogen) atoms. The Kier molecular flexibility index (Phi) is 4.95. The van der Waals surface area contributed by atoms with Crippen molar-refractivity contribution < 1.29 is 9.84 Å². The van der Waals surface area contributed by atoms with Crippen LogP contribution in [0.25, 0.3) is 0 Å². The summed E-state index contributed by atoms with van der Waals surface area (Å²) >= 11 is 4.96. The quantitative estimate of drug-likeness (QED) is 0.906. The van der Waals surface area contributed by atoms with Crippen molar-refractivity contribution >= 4 is 27.3 Å². The lowest BCUT2D eigenvalue weighted by Crippen LogP contribution is -1.98. The molecule has 4 heteroatoms. The summed E-state index contributed by atoms with van der Waals surface area (Å²) in [7, 11) is 1.70. The van der Waals surface area contributed by atoms with E-state index >= 15 is 0 Å². The molecule has 1 atom stereocenters. The lowest BCUT2D eigenvalue weighted by atomic mass is 10.0. The number of thiophene rings is 1. The second kappa shape index (κ2) is 6.48. The Balaban J connectivity index is 2.09. The van der Waals surface area contributed by atoms with Gasteiger partial charge in [-0.3, -0.25) is 0 Å². The first-order chi connectivity index (χ1) is 8.70. The van der Waals surface area contributed by atoms with E-state index in [4.69, 9.17) is 4.74 Å². The Morgan fingerprint density at radius 2 is 1.94 bits per heavy atom. The maximum Gasteiger partial charge on any atom is 0.113 e. The molecule has 0 saturated carbocycles. The first kappa shape index (κ1) is 13.7. The van der Waals surface area contributed by atoms with E-state index in [1.54, 1.807) is 18.4 Å². The summed E-state index contributed by atoms with van der Waals surface area (Å²) in [6, 6.07) is 11.9. The number of hydrogen-bond donors (Lipinski definition) is 1. The van der Waals surface area contributed by atoms with Gasteiger partial charge < -0.3 is 9.84 Å². The van der Waals surface area contributed by atoms with Gasteiger partial charge in [-0.2, -0.15) is 0 Å². The Labute approximate surface area is 119 Å². The molecular formula is C14H15BrO2S. The summed E-state index contributed by atoms with van der Waals surface area (Å²) in [4.78, 5) is 0.950. The van der Waals surface area contributed by atoms with Gasteiger partial charge in [0.25, 0.3) is 0 Å². The van der Waals surface area contributed by atoms with Crippen molar-refractivity contribution in [1.29, 1.82) is 0 Å². The first-order valence-electron chi connectivity index (χ1n) is 5.72. The molecule has 1 heterocycles. The molecule has 1 aromatic carbocycles. The largest absolute Gasteiger partial charge is 0.384 e. The molecule has 0 fully saturated rings. The van der Waals surface area contributed by atoms with Crippen LogP contribution in [0.5, 0.6) is 0 Å². The van der Waals surface area contributed by atoms with Gasteiger partial charge in [-0.15, -0.1) is 11.3 Å². The van der Waals surface area contributed by atoms with Gasteiger partial charge in [0.05, 0.1) is 10.4 Å². The minimum atomic E-state index is -0.544. The number of aliphatic hydroxyl groups is 1. The summed E-state index contributed by atoms with van der Waals surface area (Å²) in [5, 5.41) is 10.2. The fraction of sp³-hybridized carbons (Fsp3) is 0.286. The Morgan fingerprint density at radius 1 is 1.22 bits per heavy atom. The molecule has 0 spiro atoms. The topological polar surface area (TPSA) is 29.5 Å². The van der Waals surface area contributed by atoms with E-state index in [0.717, 1.165) is 27.3 Å². The summed E-state index contributed by atoms with van der Waals surface area (Å²) in [6.07, 6.45) is 0.356. The molecule has 96 valence electrons. The minimum absolute atomic E-state index is 0.544. The highest BCUT2D eigenvalue weighted by molar-refractivity contribution is 9.11. The van der Waals surface area contributed by atoms with Crippen LogP contribution in [0.15, 0.2) is 40.2 Å². The third kappa shape index (κ3) is 3.42. The zero-order valence-corrected chi connectivity index (χ0v) is 12.5. The number of methoxy groups -OCH3 is 1. The lowest BCUT2D eigenvalue weighted by molar-refractivity contribution is 0.202. The third-order valence-electron chi connectivity index (χ3n) is 2.75. The van der Waals surface area contributed by atoms with Crippen LogP contribution in [0.4, 0.5) is 0 Å². The Hall–Kier alpha value is -0.680. The van der Waals surface area contributed by atoms with Crippen molar-refractivity contribution in [3.63, 3.8) is 0 Å². The maximum atomic E-state index is 10.2. The second-order valence-electron chi connectivity index (χ2n) is 4.03. The molecular weight excluding hydrogens is 312 g/mol. The van der Waals surface area contributed by atoms with Crippen LogP contribution in [0.3, 0.4) is 0 Å². The van der Waals surface area contributed by atoms with Crippen molar-refractivity contribution in [3.8, 4) is 0 Å². The molecule has 0 aliphatic heterocycles. The van der Waals surface area contributed by atoms with E-state index < -0.39 is 6.10 Å². The normalized spacial score (nSPS) is 12.6. The summed E-state index contributed by atoms with van der Waals surface area (Å²) in [5.41, 5.74) is 2.14. The Morgan fingerprint density at radius 3 is 2.50 bits per heavy atom. The van der Waals surface area contributed by atoms with Crippen molar-refractivity contribution in [2.75, 3.05) is 13.7 Å². The highest BCUT2D eigenvalue weighted by Crippen LogP contribution is 2.31.